The molecule has 3 nitrogen and oxygen atoms in total. The maximum absolute atomic E-state index is 13.5. The van der Waals surface area contributed by atoms with E-state index < -0.39 is 29.4 Å². The van der Waals surface area contributed by atoms with Gasteiger partial charge in [0.15, 0.2) is 11.6 Å². The second-order valence-corrected chi connectivity index (χ2v) is 4.15. The van der Waals surface area contributed by atoms with Crippen LogP contribution in [0.3, 0.4) is 0 Å². The van der Waals surface area contributed by atoms with Crippen LogP contribution in [-0.2, 0) is 9.59 Å². The van der Waals surface area contributed by atoms with E-state index in [2.05, 4.69) is 5.32 Å². The predicted octanol–water partition coefficient (Wildman–Crippen LogP) is 1.73. The smallest absolute Gasteiger partial charge is 0.230 e. The molecule has 2 amide bonds. The van der Waals surface area contributed by atoms with E-state index in [0.29, 0.717) is 0 Å². The molecule has 1 saturated heterocycles. The highest BCUT2D eigenvalue weighted by Gasteiger charge is 2.36. The van der Waals surface area contributed by atoms with Gasteiger partial charge in [0, 0.05) is 6.42 Å². The van der Waals surface area contributed by atoms with Crippen molar-refractivity contribution in [3.63, 3.8) is 0 Å². The Bertz CT molecular complexity index is 487. The van der Waals surface area contributed by atoms with E-state index in [0.717, 1.165) is 6.07 Å². The molecule has 2 rings (SSSR count). The SMILES string of the molecule is CC(c1cccc(F)c1F)C1CC(=O)NC1=O. The number of amides is 2. The topological polar surface area (TPSA) is 46.2 Å². The average molecular weight is 239 g/mol. The normalized spacial score (nSPS) is 21.5. The molecule has 5 heteroatoms. The lowest BCUT2D eigenvalue weighted by molar-refractivity contribution is -0.126. The van der Waals surface area contributed by atoms with Crippen LogP contribution in [0.25, 0.3) is 0 Å². The van der Waals surface area contributed by atoms with E-state index >= 15 is 0 Å². The highest BCUT2D eigenvalue weighted by molar-refractivity contribution is 6.03. The molecule has 1 heterocycles. The maximum atomic E-state index is 13.5. The van der Waals surface area contributed by atoms with E-state index in [-0.39, 0.29) is 17.9 Å². The molecule has 1 N–H and O–H groups in total. The van der Waals surface area contributed by atoms with Gasteiger partial charge in [-0.15, -0.1) is 0 Å². The van der Waals surface area contributed by atoms with Gasteiger partial charge in [0.25, 0.3) is 0 Å². The van der Waals surface area contributed by atoms with Crippen LogP contribution in [0.2, 0.25) is 0 Å². The molecule has 0 saturated carbocycles. The molecular weight excluding hydrogens is 228 g/mol. The Kier molecular flexibility index (Phi) is 2.92. The van der Waals surface area contributed by atoms with Crippen LogP contribution < -0.4 is 5.32 Å². The largest absolute Gasteiger partial charge is 0.296 e. The van der Waals surface area contributed by atoms with Crippen LogP contribution in [0.15, 0.2) is 18.2 Å². The Morgan fingerprint density at radius 3 is 2.65 bits per heavy atom. The highest BCUT2D eigenvalue weighted by Crippen LogP contribution is 2.31. The Hall–Kier alpha value is -1.78. The summed E-state index contributed by atoms with van der Waals surface area (Å²) in [7, 11) is 0. The zero-order valence-corrected chi connectivity index (χ0v) is 9.17. The van der Waals surface area contributed by atoms with Gasteiger partial charge in [-0.1, -0.05) is 19.1 Å². The second-order valence-electron chi connectivity index (χ2n) is 4.15. The fourth-order valence-corrected chi connectivity index (χ4v) is 2.07. The lowest BCUT2D eigenvalue weighted by Crippen LogP contribution is -2.24. The van der Waals surface area contributed by atoms with Crippen molar-refractivity contribution in [1.82, 2.24) is 5.32 Å². The first kappa shape index (κ1) is 11.7. The van der Waals surface area contributed by atoms with Crippen LogP contribution in [0.5, 0.6) is 0 Å². The number of carbonyl (C=O) groups is 2. The van der Waals surface area contributed by atoms with E-state index in [4.69, 9.17) is 0 Å². The van der Waals surface area contributed by atoms with Gasteiger partial charge >= 0.3 is 0 Å². The van der Waals surface area contributed by atoms with E-state index in [1.165, 1.54) is 12.1 Å². The van der Waals surface area contributed by atoms with Crippen LogP contribution in [0.1, 0.15) is 24.8 Å². The minimum Gasteiger partial charge on any atom is -0.296 e. The first-order valence-corrected chi connectivity index (χ1v) is 5.28. The van der Waals surface area contributed by atoms with Gasteiger partial charge in [-0.3, -0.25) is 14.9 Å². The summed E-state index contributed by atoms with van der Waals surface area (Å²) in [6, 6.07) is 3.84. The van der Waals surface area contributed by atoms with Crippen LogP contribution in [-0.4, -0.2) is 11.8 Å². The van der Waals surface area contributed by atoms with Gasteiger partial charge in [-0.2, -0.15) is 0 Å². The highest BCUT2D eigenvalue weighted by atomic mass is 19.2. The fraction of sp³-hybridized carbons (Fsp3) is 0.333. The Labute approximate surface area is 96.8 Å². The summed E-state index contributed by atoms with van der Waals surface area (Å²) in [6.45, 7) is 1.61. The first-order chi connectivity index (χ1) is 8.00. The molecule has 0 aromatic heterocycles. The molecule has 1 fully saturated rings. The summed E-state index contributed by atoms with van der Waals surface area (Å²) < 4.78 is 26.6. The fourth-order valence-electron chi connectivity index (χ4n) is 2.07. The van der Waals surface area contributed by atoms with Crippen LogP contribution in [0.4, 0.5) is 8.78 Å². The van der Waals surface area contributed by atoms with Crippen molar-refractivity contribution in [2.75, 3.05) is 0 Å². The van der Waals surface area contributed by atoms with Crippen molar-refractivity contribution >= 4 is 11.8 Å². The summed E-state index contributed by atoms with van der Waals surface area (Å²) in [4.78, 5) is 22.5. The second kappa shape index (κ2) is 4.24. The monoisotopic (exact) mass is 239 g/mol. The minimum atomic E-state index is -0.952. The van der Waals surface area contributed by atoms with E-state index in [9.17, 15) is 18.4 Å². The number of imide groups is 1. The van der Waals surface area contributed by atoms with Crippen molar-refractivity contribution < 1.29 is 18.4 Å². The lowest BCUT2D eigenvalue weighted by atomic mass is 9.86. The van der Waals surface area contributed by atoms with Crippen molar-refractivity contribution in [3.8, 4) is 0 Å². The van der Waals surface area contributed by atoms with Gasteiger partial charge in [0.2, 0.25) is 11.8 Å². The molecule has 1 aromatic rings. The van der Waals surface area contributed by atoms with Crippen molar-refractivity contribution in [1.29, 1.82) is 0 Å². The quantitative estimate of drug-likeness (QED) is 0.799. The van der Waals surface area contributed by atoms with Gasteiger partial charge in [-0.05, 0) is 17.5 Å². The summed E-state index contributed by atoms with van der Waals surface area (Å²) >= 11 is 0. The molecule has 1 aliphatic rings. The number of benzene rings is 1. The lowest BCUT2D eigenvalue weighted by Gasteiger charge is -2.17. The van der Waals surface area contributed by atoms with Crippen molar-refractivity contribution in [3.05, 3.63) is 35.4 Å². The zero-order chi connectivity index (χ0) is 12.6. The summed E-state index contributed by atoms with van der Waals surface area (Å²) in [5.74, 6) is -3.85. The van der Waals surface area contributed by atoms with Crippen LogP contribution in [0, 0.1) is 17.6 Å². The molecule has 2 atom stereocenters. The Morgan fingerprint density at radius 2 is 2.06 bits per heavy atom. The Balaban J connectivity index is 2.31. The Morgan fingerprint density at radius 1 is 1.35 bits per heavy atom. The van der Waals surface area contributed by atoms with Gasteiger partial charge in [0.1, 0.15) is 0 Å². The van der Waals surface area contributed by atoms with Gasteiger partial charge in [0.05, 0.1) is 5.92 Å². The molecule has 0 spiro atoms. The third kappa shape index (κ3) is 2.05. The number of rotatable bonds is 2. The molecule has 2 unspecified atom stereocenters. The number of hydrogen-bond acceptors (Lipinski definition) is 2. The molecule has 0 bridgehead atoms. The van der Waals surface area contributed by atoms with Crippen LogP contribution >= 0.6 is 0 Å². The van der Waals surface area contributed by atoms with Gasteiger partial charge in [-0.25, -0.2) is 8.78 Å². The summed E-state index contributed by atoms with van der Waals surface area (Å²) in [5, 5.41) is 2.16. The first-order valence-electron chi connectivity index (χ1n) is 5.28. The zero-order valence-electron chi connectivity index (χ0n) is 9.17. The average Bonchev–Trinajstić information content (AvgIpc) is 2.61. The van der Waals surface area contributed by atoms with Crippen molar-refractivity contribution in [2.24, 2.45) is 5.92 Å². The molecule has 1 aromatic carbocycles. The number of carbonyl (C=O) groups excluding carboxylic acids is 2. The molecule has 90 valence electrons. The predicted molar refractivity (Wildman–Crippen MR) is 56.0 cm³/mol. The molecule has 0 radical (unpaired) electrons. The molecule has 0 aliphatic carbocycles. The number of nitrogens with one attached hydrogen (secondary N) is 1. The molecule has 17 heavy (non-hydrogen) atoms. The standard InChI is InChI=1S/C12H11F2NO2/c1-6(8-5-10(16)15-12(8)17)7-3-2-4-9(13)11(7)14/h2-4,6,8H,5H2,1H3,(H,15,16,17). The van der Waals surface area contributed by atoms with E-state index in [1.807, 2.05) is 0 Å². The van der Waals surface area contributed by atoms with Crippen molar-refractivity contribution in [2.45, 2.75) is 19.3 Å². The number of halogens is 2. The molecular formula is C12H11F2NO2. The number of hydrogen-bond donors (Lipinski definition) is 1. The summed E-state index contributed by atoms with van der Waals surface area (Å²) in [6.07, 6.45) is 0.0238. The third-order valence-corrected chi connectivity index (χ3v) is 3.08. The van der Waals surface area contributed by atoms with Gasteiger partial charge < -0.3 is 0 Å². The minimum absolute atomic E-state index is 0.0238. The molecule has 1 aliphatic heterocycles. The third-order valence-electron chi connectivity index (χ3n) is 3.08. The van der Waals surface area contributed by atoms with E-state index in [1.54, 1.807) is 6.92 Å². The summed E-state index contributed by atoms with van der Waals surface area (Å²) in [5.41, 5.74) is 0.125. The maximum Gasteiger partial charge on any atom is 0.230 e.